The van der Waals surface area contributed by atoms with Crippen LogP contribution in [0.25, 0.3) is 0 Å². The minimum Gasteiger partial charge on any atom is -0.468 e. The summed E-state index contributed by atoms with van der Waals surface area (Å²) in [7, 11) is 0. The van der Waals surface area contributed by atoms with Gasteiger partial charge in [-0.1, -0.05) is 39.0 Å². The van der Waals surface area contributed by atoms with Gasteiger partial charge >= 0.3 is 0 Å². The Labute approximate surface area is 75.3 Å². The lowest BCUT2D eigenvalue weighted by Gasteiger charge is -1.99. The molecule has 0 heterocycles. The molecule has 0 aromatic carbocycles. The summed E-state index contributed by atoms with van der Waals surface area (Å²) < 4.78 is 4.15. The van der Waals surface area contributed by atoms with E-state index in [2.05, 4.69) is 11.7 Å². The van der Waals surface area contributed by atoms with Gasteiger partial charge in [0.25, 0.3) is 6.47 Å². The van der Waals surface area contributed by atoms with Crippen LogP contribution in [-0.4, -0.2) is 13.1 Å². The van der Waals surface area contributed by atoms with Crippen LogP contribution in [0.3, 0.4) is 0 Å². The maximum Gasteiger partial charge on any atom is 0.293 e. The molecule has 1 rings (SSSR count). The lowest BCUT2D eigenvalue weighted by atomic mass is 10.1. The van der Waals surface area contributed by atoms with Crippen molar-refractivity contribution in [3.63, 3.8) is 0 Å². The van der Waals surface area contributed by atoms with Crippen LogP contribution >= 0.6 is 0 Å². The highest BCUT2D eigenvalue weighted by atomic mass is 16.5. The molecule has 0 N–H and O–H groups in total. The fraction of sp³-hybridized carbons (Fsp3) is 0.900. The number of carbonyl (C=O) groups is 1. The van der Waals surface area contributed by atoms with Gasteiger partial charge in [0.1, 0.15) is 0 Å². The molecule has 0 saturated heterocycles. The van der Waals surface area contributed by atoms with Crippen LogP contribution < -0.4 is 0 Å². The molecule has 0 unspecified atom stereocenters. The van der Waals surface area contributed by atoms with E-state index in [0.29, 0.717) is 13.1 Å². The van der Waals surface area contributed by atoms with Crippen molar-refractivity contribution in [2.45, 2.75) is 46.0 Å². The number of carbonyl (C=O) groups excluding carboxylic acids is 1. The highest BCUT2D eigenvalue weighted by Gasteiger charge is 2.11. The topological polar surface area (TPSA) is 26.3 Å². The zero-order chi connectivity index (χ0) is 9.23. The Bertz CT molecular complexity index is 96.0. The first kappa shape index (κ1) is 11.5. The molecule has 1 aliphatic rings. The van der Waals surface area contributed by atoms with Crippen LogP contribution in [0.2, 0.25) is 0 Å². The van der Waals surface area contributed by atoms with Gasteiger partial charge in [0.2, 0.25) is 0 Å². The normalized spacial score (nSPS) is 16.5. The maximum atomic E-state index is 9.18. The fourth-order valence-corrected chi connectivity index (χ4v) is 1.49. The zero-order valence-electron chi connectivity index (χ0n) is 8.21. The molecule has 0 amide bonds. The molecule has 0 aliphatic heterocycles. The van der Waals surface area contributed by atoms with Crippen molar-refractivity contribution < 1.29 is 9.53 Å². The first-order valence-electron chi connectivity index (χ1n) is 4.90. The second-order valence-corrected chi connectivity index (χ2v) is 3.11. The lowest BCUT2D eigenvalue weighted by molar-refractivity contribution is -0.128. The summed E-state index contributed by atoms with van der Waals surface area (Å²) in [5, 5.41) is 0. The smallest absolute Gasteiger partial charge is 0.293 e. The molecule has 12 heavy (non-hydrogen) atoms. The lowest BCUT2D eigenvalue weighted by Crippen LogP contribution is -1.86. The molecule has 0 spiro atoms. The summed E-state index contributed by atoms with van der Waals surface area (Å²) in [6.07, 6.45) is 7.43. The molecule has 0 aromatic rings. The monoisotopic (exact) mass is 172 g/mol. The average Bonchev–Trinajstić information content (AvgIpc) is 2.58. The molecular weight excluding hydrogens is 152 g/mol. The van der Waals surface area contributed by atoms with E-state index in [9.17, 15) is 4.79 Å². The van der Waals surface area contributed by atoms with Crippen molar-refractivity contribution in [3.05, 3.63) is 0 Å². The van der Waals surface area contributed by atoms with Gasteiger partial charge in [0.15, 0.2) is 0 Å². The summed E-state index contributed by atoms with van der Waals surface area (Å²) in [6.45, 7) is 4.97. The Kier molecular flexibility index (Phi) is 8.19. The number of hydrogen-bond donors (Lipinski definition) is 0. The molecule has 1 fully saturated rings. The number of hydrogen-bond acceptors (Lipinski definition) is 2. The summed E-state index contributed by atoms with van der Waals surface area (Å²) in [5.74, 6) is 1.10. The molecule has 2 nitrogen and oxygen atoms in total. The van der Waals surface area contributed by atoms with E-state index in [1.165, 1.54) is 32.1 Å². The van der Waals surface area contributed by atoms with Gasteiger partial charge in [0, 0.05) is 0 Å². The van der Waals surface area contributed by atoms with E-state index >= 15 is 0 Å². The van der Waals surface area contributed by atoms with Crippen molar-refractivity contribution in [1.29, 1.82) is 0 Å². The second kappa shape index (κ2) is 8.57. The van der Waals surface area contributed by atoms with Gasteiger partial charge < -0.3 is 4.74 Å². The summed E-state index contributed by atoms with van der Waals surface area (Å²) in [5.41, 5.74) is 0. The Morgan fingerprint density at radius 3 is 2.08 bits per heavy atom. The van der Waals surface area contributed by atoms with Crippen LogP contribution in [0, 0.1) is 5.92 Å². The molecule has 0 atom stereocenters. The van der Waals surface area contributed by atoms with Gasteiger partial charge in [-0.3, -0.25) is 4.79 Å². The molecule has 72 valence electrons. The fourth-order valence-electron chi connectivity index (χ4n) is 1.49. The van der Waals surface area contributed by atoms with Crippen molar-refractivity contribution in [1.82, 2.24) is 0 Å². The molecule has 2 heteroatoms. The Hall–Kier alpha value is -0.530. The van der Waals surface area contributed by atoms with Gasteiger partial charge in [0.05, 0.1) is 6.61 Å². The summed E-state index contributed by atoms with van der Waals surface area (Å²) in [4.78, 5) is 9.18. The van der Waals surface area contributed by atoms with E-state index in [-0.39, 0.29) is 0 Å². The second-order valence-electron chi connectivity index (χ2n) is 3.11. The molecule has 1 saturated carbocycles. The third-order valence-corrected chi connectivity index (χ3v) is 2.29. The predicted molar refractivity (Wildman–Crippen MR) is 49.9 cm³/mol. The van der Waals surface area contributed by atoms with Crippen molar-refractivity contribution >= 4 is 6.47 Å². The maximum absolute atomic E-state index is 9.18. The van der Waals surface area contributed by atoms with Crippen LogP contribution in [0.4, 0.5) is 0 Å². The quantitative estimate of drug-likeness (QED) is 0.612. The van der Waals surface area contributed by atoms with E-state index in [0.717, 1.165) is 5.92 Å². The SMILES string of the molecule is CCC1CCCC1.CCOC=O. The molecule has 0 bridgehead atoms. The van der Waals surface area contributed by atoms with Gasteiger partial charge in [-0.05, 0) is 12.8 Å². The minimum atomic E-state index is 0.431. The largest absolute Gasteiger partial charge is 0.468 e. The third-order valence-electron chi connectivity index (χ3n) is 2.29. The van der Waals surface area contributed by atoms with Gasteiger partial charge in [-0.2, -0.15) is 0 Å². The van der Waals surface area contributed by atoms with Gasteiger partial charge in [-0.15, -0.1) is 0 Å². The summed E-state index contributed by atoms with van der Waals surface area (Å²) >= 11 is 0. The van der Waals surface area contributed by atoms with E-state index < -0.39 is 0 Å². The van der Waals surface area contributed by atoms with Crippen LogP contribution in [-0.2, 0) is 9.53 Å². The van der Waals surface area contributed by atoms with Crippen molar-refractivity contribution in [3.8, 4) is 0 Å². The van der Waals surface area contributed by atoms with Crippen LogP contribution in [0.1, 0.15) is 46.0 Å². The first-order valence-corrected chi connectivity index (χ1v) is 4.90. The molecule has 0 radical (unpaired) electrons. The minimum absolute atomic E-state index is 0.431. The highest BCUT2D eigenvalue weighted by molar-refractivity contribution is 5.36. The van der Waals surface area contributed by atoms with E-state index in [1.54, 1.807) is 6.92 Å². The molecular formula is C10H20O2. The standard InChI is InChI=1S/C7H14.C3H6O2/c1-2-7-5-3-4-6-7;1-2-5-3-4/h7H,2-6H2,1H3;3H,2H2,1H3. The van der Waals surface area contributed by atoms with E-state index in [1.807, 2.05) is 0 Å². The zero-order valence-corrected chi connectivity index (χ0v) is 8.21. The van der Waals surface area contributed by atoms with Crippen molar-refractivity contribution in [2.24, 2.45) is 5.92 Å². The highest BCUT2D eigenvalue weighted by Crippen LogP contribution is 2.26. The average molecular weight is 172 g/mol. The Morgan fingerprint density at radius 2 is 1.92 bits per heavy atom. The Morgan fingerprint density at radius 1 is 1.33 bits per heavy atom. The van der Waals surface area contributed by atoms with Crippen LogP contribution in [0.15, 0.2) is 0 Å². The predicted octanol–water partition coefficient (Wildman–Crippen LogP) is 2.77. The summed E-state index contributed by atoms with van der Waals surface area (Å²) in [6, 6.07) is 0. The van der Waals surface area contributed by atoms with Crippen LogP contribution in [0.5, 0.6) is 0 Å². The number of rotatable bonds is 3. The third kappa shape index (κ3) is 6.20. The Balaban J connectivity index is 0.000000217. The first-order chi connectivity index (χ1) is 5.85. The van der Waals surface area contributed by atoms with Crippen molar-refractivity contribution in [2.75, 3.05) is 6.61 Å². The van der Waals surface area contributed by atoms with E-state index in [4.69, 9.17) is 0 Å². The number of ether oxygens (including phenoxy) is 1. The van der Waals surface area contributed by atoms with Gasteiger partial charge in [-0.25, -0.2) is 0 Å². The molecule has 0 aromatic heterocycles. The molecule has 1 aliphatic carbocycles.